The van der Waals surface area contributed by atoms with Crippen molar-refractivity contribution in [3.05, 3.63) is 42.0 Å². The topological polar surface area (TPSA) is 26.3 Å². The Kier molecular flexibility index (Phi) is 3.46. The first-order valence-corrected chi connectivity index (χ1v) is 4.55. The highest BCUT2D eigenvalue weighted by molar-refractivity contribution is 6.08. The maximum Gasteiger partial charge on any atom is 0.188 e. The summed E-state index contributed by atoms with van der Waals surface area (Å²) in [6.07, 6.45) is 0.685. The number of ketones is 1. The summed E-state index contributed by atoms with van der Waals surface area (Å²) in [6.45, 7) is 5.63. The lowest BCUT2D eigenvalue weighted by atomic mass is 10.0. The quantitative estimate of drug-likeness (QED) is 0.539. The minimum absolute atomic E-state index is 0.00940. The molecule has 1 rings (SSSR count). The normalized spacial score (nSPS) is 9.57. The summed E-state index contributed by atoms with van der Waals surface area (Å²) in [7, 11) is 1.60. The van der Waals surface area contributed by atoms with Crippen molar-refractivity contribution in [3.8, 4) is 5.75 Å². The molecule has 2 nitrogen and oxygen atoms in total. The summed E-state index contributed by atoms with van der Waals surface area (Å²) in [5.41, 5.74) is 1.30. The Morgan fingerprint density at radius 3 is 2.36 bits per heavy atom. The third-order valence-corrected chi connectivity index (χ3v) is 2.10. The summed E-state index contributed by atoms with van der Waals surface area (Å²) in [6, 6.07) is 7.05. The molecule has 0 spiro atoms. The van der Waals surface area contributed by atoms with Crippen LogP contribution in [0.1, 0.15) is 23.7 Å². The molecule has 1 aromatic carbocycles. The van der Waals surface area contributed by atoms with E-state index in [0.29, 0.717) is 17.6 Å². The van der Waals surface area contributed by atoms with Crippen molar-refractivity contribution >= 4 is 5.78 Å². The van der Waals surface area contributed by atoms with Crippen LogP contribution in [0.5, 0.6) is 5.75 Å². The smallest absolute Gasteiger partial charge is 0.188 e. The fraction of sp³-hybridized carbons (Fsp3) is 0.250. The molecule has 0 unspecified atom stereocenters. The standard InChI is InChI=1S/C12H14O2/c1-4-9(2)12(13)10-5-7-11(14-3)8-6-10/h5-8H,2,4H2,1,3H3. The van der Waals surface area contributed by atoms with E-state index < -0.39 is 0 Å². The van der Waals surface area contributed by atoms with Gasteiger partial charge >= 0.3 is 0 Å². The third-order valence-electron chi connectivity index (χ3n) is 2.10. The number of methoxy groups -OCH3 is 1. The molecule has 0 fully saturated rings. The van der Waals surface area contributed by atoms with Crippen LogP contribution in [0.3, 0.4) is 0 Å². The molecule has 0 atom stereocenters. The van der Waals surface area contributed by atoms with Gasteiger partial charge in [-0.25, -0.2) is 0 Å². The number of benzene rings is 1. The summed E-state index contributed by atoms with van der Waals surface area (Å²) in [4.78, 5) is 11.6. The molecule has 2 heteroatoms. The number of Topliss-reactive ketones (excluding diaryl/α,β-unsaturated/α-hetero) is 1. The predicted molar refractivity (Wildman–Crippen MR) is 56.8 cm³/mol. The second kappa shape index (κ2) is 4.61. The Hall–Kier alpha value is -1.57. The number of hydrogen-bond acceptors (Lipinski definition) is 2. The van der Waals surface area contributed by atoms with Crippen LogP contribution in [-0.2, 0) is 0 Å². The molecule has 0 aromatic heterocycles. The van der Waals surface area contributed by atoms with Crippen molar-refractivity contribution in [2.75, 3.05) is 7.11 Å². The zero-order valence-electron chi connectivity index (χ0n) is 8.54. The van der Waals surface area contributed by atoms with Gasteiger partial charge in [0, 0.05) is 5.56 Å². The number of rotatable bonds is 4. The Morgan fingerprint density at radius 1 is 1.36 bits per heavy atom. The first kappa shape index (κ1) is 10.5. The van der Waals surface area contributed by atoms with Crippen molar-refractivity contribution < 1.29 is 9.53 Å². The highest BCUT2D eigenvalue weighted by Gasteiger charge is 2.07. The minimum atomic E-state index is 0.00940. The number of allylic oxidation sites excluding steroid dienone is 1. The van der Waals surface area contributed by atoms with E-state index >= 15 is 0 Å². The molecule has 0 N–H and O–H groups in total. The van der Waals surface area contributed by atoms with E-state index in [1.54, 1.807) is 31.4 Å². The monoisotopic (exact) mass is 190 g/mol. The van der Waals surface area contributed by atoms with Gasteiger partial charge < -0.3 is 4.74 Å². The van der Waals surface area contributed by atoms with E-state index in [1.165, 1.54) is 0 Å². The van der Waals surface area contributed by atoms with Crippen molar-refractivity contribution in [1.82, 2.24) is 0 Å². The number of carbonyl (C=O) groups is 1. The maximum absolute atomic E-state index is 11.6. The van der Waals surface area contributed by atoms with Crippen molar-refractivity contribution in [2.45, 2.75) is 13.3 Å². The van der Waals surface area contributed by atoms with Crippen LogP contribution in [0.2, 0.25) is 0 Å². The Labute approximate surface area is 84.2 Å². The largest absolute Gasteiger partial charge is 0.497 e. The average Bonchev–Trinajstić information content (AvgIpc) is 2.27. The summed E-state index contributed by atoms with van der Waals surface area (Å²) < 4.78 is 5.00. The molecule has 0 saturated carbocycles. The second-order valence-corrected chi connectivity index (χ2v) is 3.01. The van der Waals surface area contributed by atoms with E-state index in [-0.39, 0.29) is 5.78 Å². The molecule has 0 aliphatic carbocycles. The van der Waals surface area contributed by atoms with Gasteiger partial charge in [-0.05, 0) is 36.3 Å². The van der Waals surface area contributed by atoms with Gasteiger partial charge in [-0.3, -0.25) is 4.79 Å². The van der Waals surface area contributed by atoms with Crippen LogP contribution in [0, 0.1) is 0 Å². The van der Waals surface area contributed by atoms with Gasteiger partial charge in [-0.15, -0.1) is 0 Å². The lowest BCUT2D eigenvalue weighted by molar-refractivity contribution is 0.103. The van der Waals surface area contributed by atoms with E-state index in [0.717, 1.165) is 5.75 Å². The van der Waals surface area contributed by atoms with Crippen molar-refractivity contribution in [3.63, 3.8) is 0 Å². The van der Waals surface area contributed by atoms with Gasteiger partial charge in [0.1, 0.15) is 5.75 Å². The van der Waals surface area contributed by atoms with Gasteiger partial charge in [0.25, 0.3) is 0 Å². The van der Waals surface area contributed by atoms with Gasteiger partial charge in [-0.2, -0.15) is 0 Å². The van der Waals surface area contributed by atoms with Gasteiger partial charge in [0.05, 0.1) is 7.11 Å². The van der Waals surface area contributed by atoms with Gasteiger partial charge in [0.2, 0.25) is 0 Å². The summed E-state index contributed by atoms with van der Waals surface area (Å²) in [5, 5.41) is 0. The highest BCUT2D eigenvalue weighted by Crippen LogP contribution is 2.14. The number of hydrogen-bond donors (Lipinski definition) is 0. The van der Waals surface area contributed by atoms with Gasteiger partial charge in [0.15, 0.2) is 5.78 Å². The first-order chi connectivity index (χ1) is 6.69. The van der Waals surface area contributed by atoms with Crippen LogP contribution >= 0.6 is 0 Å². The van der Waals surface area contributed by atoms with Crippen LogP contribution in [0.25, 0.3) is 0 Å². The van der Waals surface area contributed by atoms with Crippen LogP contribution in [-0.4, -0.2) is 12.9 Å². The second-order valence-electron chi connectivity index (χ2n) is 3.01. The zero-order valence-corrected chi connectivity index (χ0v) is 8.54. The Morgan fingerprint density at radius 2 is 1.93 bits per heavy atom. The lowest BCUT2D eigenvalue weighted by Gasteiger charge is -2.03. The van der Waals surface area contributed by atoms with Crippen LogP contribution in [0.15, 0.2) is 36.4 Å². The molecule has 0 radical (unpaired) electrons. The molecule has 14 heavy (non-hydrogen) atoms. The van der Waals surface area contributed by atoms with E-state index in [2.05, 4.69) is 6.58 Å². The average molecular weight is 190 g/mol. The molecule has 74 valence electrons. The molecule has 0 heterocycles. The Balaban J connectivity index is 2.87. The third kappa shape index (κ3) is 2.22. The summed E-state index contributed by atoms with van der Waals surface area (Å²) >= 11 is 0. The van der Waals surface area contributed by atoms with Gasteiger partial charge in [-0.1, -0.05) is 13.5 Å². The predicted octanol–water partition coefficient (Wildman–Crippen LogP) is 2.84. The molecule has 0 saturated heterocycles. The molecule has 1 aromatic rings. The highest BCUT2D eigenvalue weighted by atomic mass is 16.5. The number of carbonyl (C=O) groups excluding carboxylic acids is 1. The maximum atomic E-state index is 11.6. The lowest BCUT2D eigenvalue weighted by Crippen LogP contribution is -2.01. The fourth-order valence-corrected chi connectivity index (χ4v) is 1.11. The zero-order chi connectivity index (χ0) is 10.6. The van der Waals surface area contributed by atoms with Crippen LogP contribution in [0.4, 0.5) is 0 Å². The molecule has 0 aliphatic rings. The molecule has 0 bridgehead atoms. The van der Waals surface area contributed by atoms with E-state index in [4.69, 9.17) is 4.74 Å². The van der Waals surface area contributed by atoms with E-state index in [1.807, 2.05) is 6.92 Å². The molecular formula is C12H14O2. The number of ether oxygens (including phenoxy) is 1. The SMILES string of the molecule is C=C(CC)C(=O)c1ccc(OC)cc1. The fourth-order valence-electron chi connectivity index (χ4n) is 1.11. The molecular weight excluding hydrogens is 176 g/mol. The Bertz CT molecular complexity index is 336. The van der Waals surface area contributed by atoms with Crippen LogP contribution < -0.4 is 4.74 Å². The first-order valence-electron chi connectivity index (χ1n) is 4.55. The van der Waals surface area contributed by atoms with Crippen molar-refractivity contribution in [1.29, 1.82) is 0 Å². The van der Waals surface area contributed by atoms with Crippen molar-refractivity contribution in [2.24, 2.45) is 0 Å². The summed E-state index contributed by atoms with van der Waals surface area (Å²) in [5.74, 6) is 0.763. The molecule has 0 amide bonds. The van der Waals surface area contributed by atoms with E-state index in [9.17, 15) is 4.79 Å². The molecule has 0 aliphatic heterocycles. The minimum Gasteiger partial charge on any atom is -0.497 e.